The maximum absolute atomic E-state index is 13.2. The van der Waals surface area contributed by atoms with Gasteiger partial charge in [-0.05, 0) is 57.0 Å². The van der Waals surface area contributed by atoms with Crippen molar-refractivity contribution in [1.82, 2.24) is 25.5 Å². The average Bonchev–Trinajstić information content (AvgIpc) is 2.80. The van der Waals surface area contributed by atoms with E-state index in [1.165, 1.54) is 6.07 Å². The fourth-order valence-electron chi connectivity index (χ4n) is 1.61. The van der Waals surface area contributed by atoms with Gasteiger partial charge in [-0.2, -0.15) is 4.68 Å². The summed E-state index contributed by atoms with van der Waals surface area (Å²) in [6.07, 6.45) is 0. The largest absolute Gasteiger partial charge is 0.310 e. The summed E-state index contributed by atoms with van der Waals surface area (Å²) in [4.78, 5) is 0. The number of benzene rings is 1. The van der Waals surface area contributed by atoms with E-state index in [-0.39, 0.29) is 5.82 Å². The van der Waals surface area contributed by atoms with E-state index >= 15 is 0 Å². The van der Waals surface area contributed by atoms with E-state index in [0.717, 1.165) is 12.2 Å². The molecule has 0 spiro atoms. The highest BCUT2D eigenvalue weighted by atomic mass is 79.9. The first-order chi connectivity index (χ1) is 9.08. The van der Waals surface area contributed by atoms with Crippen molar-refractivity contribution in [2.45, 2.75) is 20.4 Å². The summed E-state index contributed by atoms with van der Waals surface area (Å²) in [5.41, 5.74) is 0.722. The van der Waals surface area contributed by atoms with Crippen LogP contribution in [0.5, 0.6) is 0 Å². The fourth-order valence-corrected chi connectivity index (χ4v) is 1.97. The Bertz CT molecular complexity index is 555. The van der Waals surface area contributed by atoms with Crippen molar-refractivity contribution in [2.24, 2.45) is 5.92 Å². The Labute approximate surface area is 119 Å². The molecular weight excluding hydrogens is 313 g/mol. The van der Waals surface area contributed by atoms with Gasteiger partial charge in [-0.1, -0.05) is 13.8 Å². The van der Waals surface area contributed by atoms with Crippen molar-refractivity contribution in [3.63, 3.8) is 0 Å². The molecule has 1 heterocycles. The predicted octanol–water partition coefficient (Wildman–Crippen LogP) is 2.31. The Morgan fingerprint density at radius 2 is 2.21 bits per heavy atom. The molecule has 0 saturated heterocycles. The topological polar surface area (TPSA) is 55.6 Å². The number of hydrogen-bond acceptors (Lipinski definition) is 4. The number of nitrogens with zero attached hydrogens (tertiary/aromatic N) is 4. The summed E-state index contributed by atoms with van der Waals surface area (Å²) in [5.74, 6) is 0.944. The number of nitrogens with one attached hydrogen (secondary N) is 1. The molecule has 2 aromatic rings. The van der Waals surface area contributed by atoms with Crippen LogP contribution in [-0.4, -0.2) is 26.8 Å². The highest BCUT2D eigenvalue weighted by molar-refractivity contribution is 9.10. The summed E-state index contributed by atoms with van der Waals surface area (Å²) in [7, 11) is 0. The van der Waals surface area contributed by atoms with Gasteiger partial charge in [0.05, 0.1) is 16.7 Å². The fraction of sp³-hybridized carbons (Fsp3) is 0.417. The van der Waals surface area contributed by atoms with Gasteiger partial charge >= 0.3 is 0 Å². The molecule has 1 N–H and O–H groups in total. The number of rotatable bonds is 5. The summed E-state index contributed by atoms with van der Waals surface area (Å²) < 4.78 is 15.2. The van der Waals surface area contributed by atoms with E-state index in [2.05, 4.69) is 50.6 Å². The van der Waals surface area contributed by atoms with Crippen molar-refractivity contribution in [3.05, 3.63) is 34.3 Å². The lowest BCUT2D eigenvalue weighted by molar-refractivity contribution is 0.537. The Morgan fingerprint density at radius 3 is 2.89 bits per heavy atom. The lowest BCUT2D eigenvalue weighted by atomic mass is 10.2. The van der Waals surface area contributed by atoms with Gasteiger partial charge in [0.2, 0.25) is 0 Å². The first-order valence-electron chi connectivity index (χ1n) is 6.01. The molecule has 1 aromatic heterocycles. The van der Waals surface area contributed by atoms with Crippen molar-refractivity contribution in [2.75, 3.05) is 6.54 Å². The zero-order chi connectivity index (χ0) is 13.8. The highest BCUT2D eigenvalue weighted by Gasteiger charge is 2.09. The molecule has 0 bridgehead atoms. The zero-order valence-electron chi connectivity index (χ0n) is 10.8. The van der Waals surface area contributed by atoms with Crippen molar-refractivity contribution in [1.29, 1.82) is 0 Å². The summed E-state index contributed by atoms with van der Waals surface area (Å²) >= 11 is 3.16. The second kappa shape index (κ2) is 6.21. The highest BCUT2D eigenvalue weighted by Crippen LogP contribution is 2.19. The van der Waals surface area contributed by atoms with Gasteiger partial charge in [-0.25, -0.2) is 4.39 Å². The van der Waals surface area contributed by atoms with Crippen LogP contribution in [0.25, 0.3) is 5.69 Å². The second-order valence-corrected chi connectivity index (χ2v) is 5.48. The minimum atomic E-state index is -0.309. The van der Waals surface area contributed by atoms with Gasteiger partial charge in [-0.3, -0.25) is 0 Å². The summed E-state index contributed by atoms with van der Waals surface area (Å²) in [6, 6.07) is 4.67. The first-order valence-corrected chi connectivity index (χ1v) is 6.80. The molecule has 0 aliphatic heterocycles. The minimum Gasteiger partial charge on any atom is -0.310 e. The molecule has 0 aliphatic carbocycles. The van der Waals surface area contributed by atoms with Gasteiger partial charge in [0.25, 0.3) is 0 Å². The Morgan fingerprint density at radius 1 is 1.42 bits per heavy atom. The summed E-state index contributed by atoms with van der Waals surface area (Å²) in [6.45, 7) is 5.72. The van der Waals surface area contributed by atoms with E-state index in [4.69, 9.17) is 0 Å². The molecule has 2 rings (SSSR count). The smallest absolute Gasteiger partial charge is 0.170 e. The van der Waals surface area contributed by atoms with E-state index in [1.807, 2.05) is 0 Å². The number of halogens is 2. The Kier molecular flexibility index (Phi) is 4.60. The molecule has 0 saturated carbocycles. The quantitative estimate of drug-likeness (QED) is 0.915. The van der Waals surface area contributed by atoms with Crippen LogP contribution in [0.2, 0.25) is 0 Å². The van der Waals surface area contributed by atoms with Crippen LogP contribution in [0.1, 0.15) is 19.7 Å². The first kappa shape index (κ1) is 14.1. The van der Waals surface area contributed by atoms with Gasteiger partial charge in [0.1, 0.15) is 5.82 Å². The van der Waals surface area contributed by atoms with Gasteiger partial charge in [-0.15, -0.1) is 5.10 Å². The maximum atomic E-state index is 13.2. The molecule has 0 unspecified atom stereocenters. The number of hydrogen-bond donors (Lipinski definition) is 1. The maximum Gasteiger partial charge on any atom is 0.170 e. The molecule has 19 heavy (non-hydrogen) atoms. The van der Waals surface area contributed by atoms with Crippen LogP contribution in [0.15, 0.2) is 22.7 Å². The van der Waals surface area contributed by atoms with Crippen LogP contribution < -0.4 is 5.32 Å². The van der Waals surface area contributed by atoms with Crippen LogP contribution in [0.3, 0.4) is 0 Å². The van der Waals surface area contributed by atoms with E-state index < -0.39 is 0 Å². The van der Waals surface area contributed by atoms with Crippen molar-refractivity contribution < 1.29 is 4.39 Å². The SMILES string of the molecule is CC(C)CNCc1nnnn1-c1ccc(F)c(Br)c1. The molecule has 102 valence electrons. The Balaban J connectivity index is 2.16. The third-order valence-corrected chi connectivity index (χ3v) is 3.13. The molecule has 0 aliphatic rings. The van der Waals surface area contributed by atoms with Gasteiger partial charge in [0.15, 0.2) is 5.82 Å². The minimum absolute atomic E-state index is 0.309. The monoisotopic (exact) mass is 327 g/mol. The average molecular weight is 328 g/mol. The molecule has 0 fully saturated rings. The molecule has 0 atom stereocenters. The Hall–Kier alpha value is -1.34. The standard InChI is InChI=1S/C12H15BrFN5/c1-8(2)6-15-7-12-16-17-18-19(12)9-3-4-11(14)10(13)5-9/h3-5,8,15H,6-7H2,1-2H3. The zero-order valence-corrected chi connectivity index (χ0v) is 12.4. The molecule has 0 amide bonds. The van der Waals surface area contributed by atoms with Crippen LogP contribution in [0.4, 0.5) is 4.39 Å². The van der Waals surface area contributed by atoms with E-state index in [9.17, 15) is 4.39 Å². The lowest BCUT2D eigenvalue weighted by Crippen LogP contribution is -2.21. The number of tetrazole rings is 1. The molecule has 5 nitrogen and oxygen atoms in total. The molecular formula is C12H15BrFN5. The lowest BCUT2D eigenvalue weighted by Gasteiger charge is -2.08. The molecule has 0 radical (unpaired) electrons. The predicted molar refractivity (Wildman–Crippen MR) is 73.4 cm³/mol. The normalized spacial score (nSPS) is 11.2. The van der Waals surface area contributed by atoms with E-state index in [0.29, 0.717) is 22.8 Å². The van der Waals surface area contributed by atoms with Crippen LogP contribution >= 0.6 is 15.9 Å². The van der Waals surface area contributed by atoms with Crippen molar-refractivity contribution >= 4 is 15.9 Å². The van der Waals surface area contributed by atoms with E-state index in [1.54, 1.807) is 16.8 Å². The summed E-state index contributed by atoms with van der Waals surface area (Å²) in [5, 5.41) is 14.8. The number of aromatic nitrogens is 4. The van der Waals surface area contributed by atoms with Gasteiger partial charge in [0, 0.05) is 0 Å². The third kappa shape index (κ3) is 3.57. The molecule has 7 heteroatoms. The second-order valence-electron chi connectivity index (χ2n) is 4.63. The van der Waals surface area contributed by atoms with Gasteiger partial charge < -0.3 is 5.32 Å². The molecule has 1 aromatic carbocycles. The van der Waals surface area contributed by atoms with Crippen LogP contribution in [-0.2, 0) is 6.54 Å². The third-order valence-electron chi connectivity index (χ3n) is 2.52. The van der Waals surface area contributed by atoms with Crippen LogP contribution in [0, 0.1) is 11.7 Å². The van der Waals surface area contributed by atoms with Crippen molar-refractivity contribution in [3.8, 4) is 5.69 Å².